The quantitative estimate of drug-likeness (QED) is 0.912. The second-order valence-corrected chi connectivity index (χ2v) is 5.83. The molecule has 0 aliphatic carbocycles. The Kier molecular flexibility index (Phi) is 4.13. The predicted octanol–water partition coefficient (Wildman–Crippen LogP) is 2.68. The van der Waals surface area contributed by atoms with Crippen LogP contribution in [0.3, 0.4) is 0 Å². The fourth-order valence-electron chi connectivity index (χ4n) is 1.71. The van der Waals surface area contributed by atoms with Crippen LogP contribution in [-0.4, -0.2) is 33.4 Å². The van der Waals surface area contributed by atoms with Gasteiger partial charge in [0.15, 0.2) is 10.8 Å². The number of carbonyl (C=O) groups excluding carboxylic acids is 1. The molecular weight excluding hydrogens is 280 g/mol. The normalized spacial score (nSPS) is 11.6. The van der Waals surface area contributed by atoms with Gasteiger partial charge in [-0.3, -0.25) is 0 Å². The van der Waals surface area contributed by atoms with Gasteiger partial charge in [0, 0.05) is 24.0 Å². The van der Waals surface area contributed by atoms with Crippen molar-refractivity contribution in [2.75, 3.05) is 6.54 Å². The summed E-state index contributed by atoms with van der Waals surface area (Å²) >= 11 is 5.77. The van der Waals surface area contributed by atoms with Crippen LogP contribution in [-0.2, 0) is 11.2 Å². The van der Waals surface area contributed by atoms with Crippen molar-refractivity contribution in [1.82, 2.24) is 20.5 Å². The lowest BCUT2D eigenvalue weighted by Gasteiger charge is -2.19. The molecule has 0 unspecified atom stereocenters. The van der Waals surface area contributed by atoms with E-state index in [0.717, 1.165) is 11.1 Å². The van der Waals surface area contributed by atoms with Crippen molar-refractivity contribution < 1.29 is 9.53 Å². The molecule has 2 aromatic heterocycles. The third-order valence-electron chi connectivity index (χ3n) is 2.46. The number of halogens is 1. The Morgan fingerprint density at radius 1 is 1.40 bits per heavy atom. The van der Waals surface area contributed by atoms with Gasteiger partial charge in [0.1, 0.15) is 5.60 Å². The second-order valence-electron chi connectivity index (χ2n) is 5.44. The van der Waals surface area contributed by atoms with E-state index in [-0.39, 0.29) is 0 Å². The first-order valence-electron chi connectivity index (χ1n) is 6.31. The second kappa shape index (κ2) is 5.66. The summed E-state index contributed by atoms with van der Waals surface area (Å²) in [5, 5.41) is 11.7. The topological polar surface area (TPSA) is 79.9 Å². The van der Waals surface area contributed by atoms with Crippen LogP contribution in [0.15, 0.2) is 12.1 Å². The molecule has 1 amide bonds. The molecule has 20 heavy (non-hydrogen) atoms. The van der Waals surface area contributed by atoms with Crippen LogP contribution in [0.2, 0.25) is 5.15 Å². The van der Waals surface area contributed by atoms with E-state index >= 15 is 0 Å². The molecule has 0 spiro atoms. The van der Waals surface area contributed by atoms with Crippen molar-refractivity contribution in [2.45, 2.75) is 32.8 Å². The molecule has 2 heterocycles. The van der Waals surface area contributed by atoms with E-state index in [4.69, 9.17) is 16.3 Å². The summed E-state index contributed by atoms with van der Waals surface area (Å²) in [6, 6.07) is 3.68. The van der Waals surface area contributed by atoms with E-state index in [1.807, 2.05) is 26.8 Å². The molecule has 2 rings (SSSR count). The van der Waals surface area contributed by atoms with Crippen molar-refractivity contribution in [3.63, 3.8) is 0 Å². The molecule has 6 nitrogen and oxygen atoms in total. The highest BCUT2D eigenvalue weighted by Crippen LogP contribution is 2.15. The molecule has 0 aliphatic heterocycles. The fourth-order valence-corrected chi connectivity index (χ4v) is 1.87. The molecule has 0 saturated carbocycles. The molecule has 0 radical (unpaired) electrons. The van der Waals surface area contributed by atoms with Crippen LogP contribution in [0.25, 0.3) is 11.0 Å². The van der Waals surface area contributed by atoms with Gasteiger partial charge < -0.3 is 15.0 Å². The molecule has 2 N–H and O–H groups in total. The maximum absolute atomic E-state index is 11.5. The van der Waals surface area contributed by atoms with Crippen molar-refractivity contribution in [1.29, 1.82) is 0 Å². The highest BCUT2D eigenvalue weighted by molar-refractivity contribution is 6.29. The van der Waals surface area contributed by atoms with Crippen molar-refractivity contribution in [3.05, 3.63) is 23.0 Å². The van der Waals surface area contributed by atoms with Gasteiger partial charge in [0.2, 0.25) is 0 Å². The Balaban J connectivity index is 1.88. The molecule has 0 aromatic carbocycles. The standard InChI is InChI=1S/C13H17ClN4O2/c1-13(2,3)20-12(19)15-5-4-9-6-8-7-10(14)17-18-11(8)16-9/h6-7H,4-5H2,1-3H3,(H,15,19)(H,16,18). The first-order valence-corrected chi connectivity index (χ1v) is 6.69. The van der Waals surface area contributed by atoms with Crippen LogP contribution in [0.1, 0.15) is 26.5 Å². The summed E-state index contributed by atoms with van der Waals surface area (Å²) in [5.74, 6) is 0. The first kappa shape index (κ1) is 14.6. The Labute approximate surface area is 121 Å². The largest absolute Gasteiger partial charge is 0.444 e. The van der Waals surface area contributed by atoms with Crippen LogP contribution in [0.4, 0.5) is 4.79 Å². The third kappa shape index (κ3) is 4.09. The molecule has 0 fully saturated rings. The number of nitrogens with one attached hydrogen (secondary N) is 2. The minimum Gasteiger partial charge on any atom is -0.444 e. The number of aromatic nitrogens is 3. The number of amides is 1. The first-order chi connectivity index (χ1) is 9.33. The van der Waals surface area contributed by atoms with Crippen molar-refractivity contribution >= 4 is 28.7 Å². The van der Waals surface area contributed by atoms with Gasteiger partial charge >= 0.3 is 6.09 Å². The Bertz CT molecular complexity index is 618. The number of rotatable bonds is 3. The monoisotopic (exact) mass is 296 g/mol. The minimum atomic E-state index is -0.489. The molecule has 2 aromatic rings. The van der Waals surface area contributed by atoms with Crippen molar-refractivity contribution in [3.8, 4) is 0 Å². The summed E-state index contributed by atoms with van der Waals surface area (Å²) in [7, 11) is 0. The van der Waals surface area contributed by atoms with Crippen LogP contribution < -0.4 is 5.32 Å². The van der Waals surface area contributed by atoms with E-state index in [9.17, 15) is 4.79 Å². The van der Waals surface area contributed by atoms with Crippen LogP contribution >= 0.6 is 11.6 Å². The number of aromatic amines is 1. The number of H-pyrrole nitrogens is 1. The molecule has 0 saturated heterocycles. The average Bonchev–Trinajstić information content (AvgIpc) is 2.68. The minimum absolute atomic E-state index is 0.356. The fraction of sp³-hybridized carbons (Fsp3) is 0.462. The maximum atomic E-state index is 11.5. The zero-order chi connectivity index (χ0) is 14.8. The predicted molar refractivity (Wildman–Crippen MR) is 76.8 cm³/mol. The summed E-state index contributed by atoms with van der Waals surface area (Å²) < 4.78 is 5.15. The average molecular weight is 297 g/mol. The Hall–Kier alpha value is -1.82. The van der Waals surface area contributed by atoms with Gasteiger partial charge in [0.25, 0.3) is 0 Å². The summed E-state index contributed by atoms with van der Waals surface area (Å²) in [6.07, 6.45) is 0.226. The zero-order valence-electron chi connectivity index (χ0n) is 11.7. The number of nitrogens with zero attached hydrogens (tertiary/aromatic N) is 2. The molecule has 7 heteroatoms. The number of alkyl carbamates (subject to hydrolysis) is 1. The van der Waals surface area contributed by atoms with Gasteiger partial charge in [-0.2, -0.15) is 0 Å². The number of ether oxygens (including phenoxy) is 1. The number of fused-ring (bicyclic) bond motifs is 1. The molecule has 0 bridgehead atoms. The van der Waals surface area contributed by atoms with Gasteiger partial charge in [-0.15, -0.1) is 10.2 Å². The highest BCUT2D eigenvalue weighted by atomic mass is 35.5. The number of hydrogen-bond donors (Lipinski definition) is 2. The lowest BCUT2D eigenvalue weighted by Crippen LogP contribution is -2.33. The van der Waals surface area contributed by atoms with Crippen LogP contribution in [0.5, 0.6) is 0 Å². The third-order valence-corrected chi connectivity index (χ3v) is 2.65. The lowest BCUT2D eigenvalue weighted by molar-refractivity contribution is 0.0528. The van der Waals surface area contributed by atoms with Gasteiger partial charge in [-0.25, -0.2) is 4.79 Å². The Morgan fingerprint density at radius 3 is 2.85 bits per heavy atom. The smallest absolute Gasteiger partial charge is 0.407 e. The summed E-state index contributed by atoms with van der Waals surface area (Å²) in [6.45, 7) is 5.95. The lowest BCUT2D eigenvalue weighted by atomic mass is 10.2. The van der Waals surface area contributed by atoms with E-state index < -0.39 is 11.7 Å². The van der Waals surface area contributed by atoms with Crippen molar-refractivity contribution in [2.24, 2.45) is 0 Å². The SMILES string of the molecule is CC(C)(C)OC(=O)NCCc1cc2cc(Cl)nnc2[nH]1. The number of hydrogen-bond acceptors (Lipinski definition) is 4. The van der Waals surface area contributed by atoms with E-state index in [1.165, 1.54) is 0 Å². The summed E-state index contributed by atoms with van der Waals surface area (Å²) in [5.41, 5.74) is 1.15. The highest BCUT2D eigenvalue weighted by Gasteiger charge is 2.15. The van der Waals surface area contributed by atoms with E-state index in [0.29, 0.717) is 23.8 Å². The maximum Gasteiger partial charge on any atom is 0.407 e. The Morgan fingerprint density at radius 2 is 2.15 bits per heavy atom. The van der Waals surface area contributed by atoms with E-state index in [1.54, 1.807) is 6.07 Å². The molecule has 0 atom stereocenters. The number of carbonyl (C=O) groups is 1. The van der Waals surface area contributed by atoms with Crippen LogP contribution in [0, 0.1) is 0 Å². The molecular formula is C13H17ClN4O2. The summed E-state index contributed by atoms with van der Waals surface area (Å²) in [4.78, 5) is 14.6. The van der Waals surface area contributed by atoms with Gasteiger partial charge in [-0.1, -0.05) is 11.6 Å². The molecule has 108 valence electrons. The van der Waals surface area contributed by atoms with Gasteiger partial charge in [0.05, 0.1) is 0 Å². The zero-order valence-corrected chi connectivity index (χ0v) is 12.4. The molecule has 0 aliphatic rings. The van der Waals surface area contributed by atoms with E-state index in [2.05, 4.69) is 20.5 Å². The van der Waals surface area contributed by atoms with Gasteiger partial charge in [-0.05, 0) is 32.9 Å².